The average molecular weight is 256 g/mol. The van der Waals surface area contributed by atoms with Gasteiger partial charge in [-0.05, 0) is 50.8 Å². The van der Waals surface area contributed by atoms with Crippen LogP contribution in [-0.4, -0.2) is 59.6 Å². The van der Waals surface area contributed by atoms with E-state index in [1.807, 2.05) is 0 Å². The van der Waals surface area contributed by atoms with E-state index in [1.165, 1.54) is 63.4 Å². The van der Waals surface area contributed by atoms with E-state index >= 15 is 0 Å². The molecule has 17 heavy (non-hydrogen) atoms. The first-order chi connectivity index (χ1) is 8.31. The van der Waals surface area contributed by atoms with E-state index in [4.69, 9.17) is 0 Å². The van der Waals surface area contributed by atoms with Crippen LogP contribution in [-0.2, 0) is 0 Å². The lowest BCUT2D eigenvalue weighted by Gasteiger charge is -2.47. The Bertz CT molecular complexity index is 222. The van der Waals surface area contributed by atoms with Gasteiger partial charge in [0.2, 0.25) is 0 Å². The van der Waals surface area contributed by atoms with Crippen LogP contribution >= 0.6 is 11.8 Å². The maximum atomic E-state index is 2.74. The van der Waals surface area contributed by atoms with Crippen molar-refractivity contribution in [3.63, 3.8) is 0 Å². The molecule has 0 saturated carbocycles. The second-order valence-corrected chi connectivity index (χ2v) is 6.93. The third kappa shape index (κ3) is 3.87. The predicted octanol–water partition coefficient (Wildman–Crippen LogP) is 2.69. The quantitative estimate of drug-likeness (QED) is 0.698. The van der Waals surface area contributed by atoms with Crippen molar-refractivity contribution in [3.8, 4) is 0 Å². The number of hydrogen-bond donors (Lipinski definition) is 0. The van der Waals surface area contributed by atoms with Gasteiger partial charge in [0.05, 0.1) is 0 Å². The van der Waals surface area contributed by atoms with Gasteiger partial charge in [-0.2, -0.15) is 11.8 Å². The molecule has 0 N–H and O–H groups in total. The molecule has 2 atom stereocenters. The largest absolute Gasteiger partial charge is 0.298 e. The van der Waals surface area contributed by atoms with Crippen LogP contribution in [0.2, 0.25) is 0 Å². The minimum atomic E-state index is 0.774. The highest BCUT2D eigenvalue weighted by Crippen LogP contribution is 2.24. The van der Waals surface area contributed by atoms with Crippen molar-refractivity contribution in [1.29, 1.82) is 0 Å². The van der Waals surface area contributed by atoms with Crippen LogP contribution in [0, 0.1) is 0 Å². The highest BCUT2D eigenvalue weighted by atomic mass is 32.2. The molecule has 3 heteroatoms. The molecule has 2 aliphatic rings. The van der Waals surface area contributed by atoms with Gasteiger partial charge in [0.25, 0.3) is 0 Å². The molecule has 100 valence electrons. The lowest BCUT2D eigenvalue weighted by atomic mass is 9.97. The third-order valence-corrected chi connectivity index (χ3v) is 5.24. The Labute approximate surface area is 111 Å². The molecule has 0 amide bonds. The maximum Gasteiger partial charge on any atom is 0.0223 e. The molecular formula is C14H28N2S. The second-order valence-electron chi connectivity index (χ2n) is 5.54. The van der Waals surface area contributed by atoms with Gasteiger partial charge in [-0.15, -0.1) is 0 Å². The number of nitrogens with zero attached hydrogens (tertiary/aromatic N) is 2. The molecule has 2 heterocycles. The van der Waals surface area contributed by atoms with E-state index < -0.39 is 0 Å². The molecule has 2 rings (SSSR count). The summed E-state index contributed by atoms with van der Waals surface area (Å²) >= 11 is 2.08. The van der Waals surface area contributed by atoms with Gasteiger partial charge in [-0.3, -0.25) is 9.80 Å². The summed E-state index contributed by atoms with van der Waals surface area (Å²) in [6.07, 6.45) is 5.69. The van der Waals surface area contributed by atoms with Crippen molar-refractivity contribution < 1.29 is 0 Å². The first-order valence-corrected chi connectivity index (χ1v) is 8.52. The molecule has 0 bridgehead atoms. The SMILES string of the molecule is CCSCCCN1CC2CCCCN2CC1C. The Morgan fingerprint density at radius 1 is 1.24 bits per heavy atom. The molecule has 0 aromatic rings. The molecule has 0 aromatic heterocycles. The molecule has 2 fully saturated rings. The lowest BCUT2D eigenvalue weighted by molar-refractivity contribution is 0.0157. The van der Waals surface area contributed by atoms with E-state index in [2.05, 4.69) is 35.4 Å². The van der Waals surface area contributed by atoms with Crippen molar-refractivity contribution in [2.45, 2.75) is 51.6 Å². The second kappa shape index (κ2) is 7.01. The number of fused-ring (bicyclic) bond motifs is 1. The Morgan fingerprint density at radius 3 is 2.94 bits per heavy atom. The molecule has 0 aromatic carbocycles. The number of rotatable bonds is 5. The molecule has 2 unspecified atom stereocenters. The summed E-state index contributed by atoms with van der Waals surface area (Å²) in [6.45, 7) is 9.99. The van der Waals surface area contributed by atoms with Gasteiger partial charge in [-0.1, -0.05) is 13.3 Å². The van der Waals surface area contributed by atoms with Crippen LogP contribution in [0.5, 0.6) is 0 Å². The third-order valence-electron chi connectivity index (χ3n) is 4.25. The van der Waals surface area contributed by atoms with Crippen LogP contribution in [0.25, 0.3) is 0 Å². The zero-order valence-corrected chi connectivity index (χ0v) is 12.3. The zero-order chi connectivity index (χ0) is 12.1. The molecule has 2 aliphatic heterocycles. The van der Waals surface area contributed by atoms with E-state index in [0.29, 0.717) is 0 Å². The van der Waals surface area contributed by atoms with Crippen LogP contribution in [0.15, 0.2) is 0 Å². The fraction of sp³-hybridized carbons (Fsp3) is 1.00. The Morgan fingerprint density at radius 2 is 2.12 bits per heavy atom. The monoisotopic (exact) mass is 256 g/mol. The zero-order valence-electron chi connectivity index (χ0n) is 11.5. The summed E-state index contributed by atoms with van der Waals surface area (Å²) in [6, 6.07) is 1.65. The maximum absolute atomic E-state index is 2.74. The summed E-state index contributed by atoms with van der Waals surface area (Å²) < 4.78 is 0. The van der Waals surface area contributed by atoms with Gasteiger partial charge in [0, 0.05) is 25.2 Å². The Hall–Kier alpha value is 0.270. The van der Waals surface area contributed by atoms with Crippen molar-refractivity contribution in [3.05, 3.63) is 0 Å². The highest BCUT2D eigenvalue weighted by Gasteiger charge is 2.32. The number of thioether (sulfide) groups is 1. The van der Waals surface area contributed by atoms with E-state index in [-0.39, 0.29) is 0 Å². The molecule has 2 nitrogen and oxygen atoms in total. The number of piperazine rings is 1. The van der Waals surface area contributed by atoms with Crippen molar-refractivity contribution in [2.75, 3.05) is 37.7 Å². The highest BCUT2D eigenvalue weighted by molar-refractivity contribution is 7.99. The number of piperidine rings is 1. The molecule has 0 spiro atoms. The standard InChI is InChI=1S/C14H28N2S/c1-3-17-10-6-9-15-12-14-7-4-5-8-16(14)11-13(15)2/h13-14H,3-12H2,1-2H3. The first kappa shape index (κ1) is 13.7. The van der Waals surface area contributed by atoms with Gasteiger partial charge < -0.3 is 0 Å². The molecule has 0 radical (unpaired) electrons. The van der Waals surface area contributed by atoms with Crippen molar-refractivity contribution in [2.24, 2.45) is 0 Å². The van der Waals surface area contributed by atoms with Gasteiger partial charge in [0.15, 0.2) is 0 Å². The van der Waals surface area contributed by atoms with Crippen molar-refractivity contribution in [1.82, 2.24) is 9.80 Å². The minimum Gasteiger partial charge on any atom is -0.298 e. The van der Waals surface area contributed by atoms with Crippen LogP contribution < -0.4 is 0 Å². The Balaban J connectivity index is 1.74. The first-order valence-electron chi connectivity index (χ1n) is 7.37. The summed E-state index contributed by atoms with van der Waals surface area (Å²) in [4.78, 5) is 5.48. The average Bonchev–Trinajstić information content (AvgIpc) is 2.35. The number of hydrogen-bond acceptors (Lipinski definition) is 3. The van der Waals surface area contributed by atoms with Crippen molar-refractivity contribution >= 4 is 11.8 Å². The predicted molar refractivity (Wildman–Crippen MR) is 77.9 cm³/mol. The summed E-state index contributed by atoms with van der Waals surface area (Å²) in [7, 11) is 0. The van der Waals surface area contributed by atoms with E-state index in [9.17, 15) is 0 Å². The smallest absolute Gasteiger partial charge is 0.0223 e. The van der Waals surface area contributed by atoms with Gasteiger partial charge in [-0.25, -0.2) is 0 Å². The fourth-order valence-electron chi connectivity index (χ4n) is 3.24. The normalized spacial score (nSPS) is 31.4. The van der Waals surface area contributed by atoms with Crippen LogP contribution in [0.4, 0.5) is 0 Å². The van der Waals surface area contributed by atoms with E-state index in [1.54, 1.807) is 0 Å². The molecule has 0 aliphatic carbocycles. The lowest BCUT2D eigenvalue weighted by Crippen LogP contribution is -2.58. The van der Waals surface area contributed by atoms with Gasteiger partial charge >= 0.3 is 0 Å². The molecular weight excluding hydrogens is 228 g/mol. The van der Waals surface area contributed by atoms with Crippen LogP contribution in [0.1, 0.15) is 39.5 Å². The fourth-order valence-corrected chi connectivity index (χ4v) is 3.86. The van der Waals surface area contributed by atoms with Gasteiger partial charge in [0.1, 0.15) is 0 Å². The van der Waals surface area contributed by atoms with Crippen LogP contribution in [0.3, 0.4) is 0 Å². The topological polar surface area (TPSA) is 6.48 Å². The summed E-state index contributed by atoms with van der Waals surface area (Å²) in [5, 5.41) is 0. The Kier molecular flexibility index (Phi) is 5.64. The summed E-state index contributed by atoms with van der Waals surface area (Å²) in [5.41, 5.74) is 0. The minimum absolute atomic E-state index is 0.774. The summed E-state index contributed by atoms with van der Waals surface area (Å²) in [5.74, 6) is 2.61. The molecule has 2 saturated heterocycles. The van der Waals surface area contributed by atoms with E-state index in [0.717, 1.165) is 12.1 Å².